The second kappa shape index (κ2) is 11.4. The Morgan fingerprint density at radius 2 is 1.91 bits per heavy atom. The summed E-state index contributed by atoms with van der Waals surface area (Å²) in [6, 6.07) is 2.08. The van der Waals surface area contributed by atoms with Gasteiger partial charge in [0.05, 0.1) is 4.91 Å². The van der Waals surface area contributed by atoms with Crippen LogP contribution in [-0.4, -0.2) is 50.4 Å². The van der Waals surface area contributed by atoms with Crippen molar-refractivity contribution >= 4 is 52.1 Å². The van der Waals surface area contributed by atoms with Gasteiger partial charge in [-0.15, -0.1) is 0 Å². The van der Waals surface area contributed by atoms with Gasteiger partial charge >= 0.3 is 5.97 Å². The lowest BCUT2D eigenvalue weighted by atomic mass is 9.91. The number of thiocarbonyl (C=S) groups is 1. The first-order valence-corrected chi connectivity index (χ1v) is 13.2. The van der Waals surface area contributed by atoms with Crippen molar-refractivity contribution in [3.8, 4) is 6.07 Å². The van der Waals surface area contributed by atoms with Crippen LogP contribution in [0.3, 0.4) is 0 Å². The number of amides is 1. The van der Waals surface area contributed by atoms with Crippen LogP contribution in [0.25, 0.3) is 6.08 Å². The highest BCUT2D eigenvalue weighted by atomic mass is 32.2. The Labute approximate surface area is 215 Å². The predicted octanol–water partition coefficient (Wildman–Crippen LogP) is 3.99. The van der Waals surface area contributed by atoms with Crippen LogP contribution in [0, 0.1) is 30.1 Å². The normalized spacial score (nSPS) is 21.6. The summed E-state index contributed by atoms with van der Waals surface area (Å²) in [7, 11) is 0. The molecule has 1 amide bonds. The number of carbonyl (C=O) groups is 2. The molecular weight excluding hydrogens is 484 g/mol. The van der Waals surface area contributed by atoms with Crippen molar-refractivity contribution in [2.24, 2.45) is 11.8 Å². The molecule has 3 heterocycles. The van der Waals surface area contributed by atoms with Crippen molar-refractivity contribution in [3.05, 3.63) is 31.9 Å². The number of pyridine rings is 1. The number of hydrogen-bond acceptors (Lipinski definition) is 7. The fraction of sp³-hybridized carbons (Fsp3) is 0.560. The molecule has 10 heteroatoms. The number of hydrogen-bond donors (Lipinski definition) is 1. The van der Waals surface area contributed by atoms with Crippen molar-refractivity contribution in [1.82, 2.24) is 9.47 Å². The number of nitriles is 1. The van der Waals surface area contributed by atoms with Gasteiger partial charge in [0, 0.05) is 38.2 Å². The number of thioether (sulfide) groups is 1. The van der Waals surface area contributed by atoms with E-state index in [1.165, 1.54) is 16.7 Å². The fourth-order valence-electron chi connectivity index (χ4n) is 4.96. The molecule has 0 aromatic carbocycles. The topological polar surface area (TPSA) is 107 Å². The van der Waals surface area contributed by atoms with Crippen LogP contribution >= 0.6 is 24.0 Å². The lowest BCUT2D eigenvalue weighted by Gasteiger charge is -2.39. The molecule has 35 heavy (non-hydrogen) atoms. The number of carboxylic acid groups (broad SMARTS) is 1. The molecule has 0 aliphatic carbocycles. The van der Waals surface area contributed by atoms with Crippen LogP contribution in [0.4, 0.5) is 5.82 Å². The van der Waals surface area contributed by atoms with Crippen molar-refractivity contribution in [3.63, 3.8) is 0 Å². The molecule has 0 radical (unpaired) electrons. The Morgan fingerprint density at radius 3 is 2.49 bits per heavy atom. The predicted molar refractivity (Wildman–Crippen MR) is 142 cm³/mol. The summed E-state index contributed by atoms with van der Waals surface area (Å²) in [5.41, 5.74) is 1.04. The number of aliphatic carboxylic acids is 1. The van der Waals surface area contributed by atoms with E-state index >= 15 is 0 Å². The fourth-order valence-corrected chi connectivity index (χ4v) is 6.25. The second-order valence-electron chi connectivity index (χ2n) is 9.49. The van der Waals surface area contributed by atoms with Crippen LogP contribution in [0.2, 0.25) is 0 Å². The van der Waals surface area contributed by atoms with E-state index in [2.05, 4.69) is 24.8 Å². The smallest absolute Gasteiger partial charge is 0.303 e. The van der Waals surface area contributed by atoms with Gasteiger partial charge in [-0.25, -0.2) is 0 Å². The summed E-state index contributed by atoms with van der Waals surface area (Å²) < 4.78 is 2.07. The molecule has 2 aliphatic rings. The Hall–Kier alpha value is -2.64. The maximum Gasteiger partial charge on any atom is 0.303 e. The summed E-state index contributed by atoms with van der Waals surface area (Å²) in [5.74, 6) is 0.449. The first kappa shape index (κ1) is 27.0. The molecule has 1 aromatic heterocycles. The minimum absolute atomic E-state index is 0.0435. The third-order valence-electron chi connectivity index (χ3n) is 6.38. The zero-order valence-corrected chi connectivity index (χ0v) is 22.3. The van der Waals surface area contributed by atoms with Gasteiger partial charge in [0.25, 0.3) is 11.5 Å². The van der Waals surface area contributed by atoms with E-state index in [4.69, 9.17) is 17.3 Å². The Kier molecular flexibility index (Phi) is 8.78. The number of piperidine rings is 1. The Balaban J connectivity index is 2.14. The summed E-state index contributed by atoms with van der Waals surface area (Å²) in [6.07, 6.45) is 3.86. The number of anilines is 1. The average molecular weight is 517 g/mol. The number of rotatable bonds is 8. The molecule has 2 unspecified atom stereocenters. The highest BCUT2D eigenvalue weighted by Gasteiger charge is 2.34. The van der Waals surface area contributed by atoms with Gasteiger partial charge < -0.3 is 10.0 Å². The molecule has 2 atom stereocenters. The molecule has 8 nitrogen and oxygen atoms in total. The standard InChI is InChI=1S/C25H32N4O4S2/c1-5-8-28-22(27-13-15(2)10-16(3)14-27)18(17(4)19(12-26)23(28)32)11-20-24(33)29(25(34)35-20)9-6-7-21(30)31/h11,15-16H,5-10,13-14H2,1-4H3,(H,30,31)/b20-11-. The molecular formula is C25H32N4O4S2. The van der Waals surface area contributed by atoms with Crippen molar-refractivity contribution in [2.45, 2.75) is 59.9 Å². The third kappa shape index (κ3) is 5.78. The van der Waals surface area contributed by atoms with Crippen molar-refractivity contribution < 1.29 is 14.7 Å². The van der Waals surface area contributed by atoms with Gasteiger partial charge in [-0.2, -0.15) is 5.26 Å². The van der Waals surface area contributed by atoms with Gasteiger partial charge in [0.1, 0.15) is 21.8 Å². The monoisotopic (exact) mass is 516 g/mol. The van der Waals surface area contributed by atoms with Crippen LogP contribution in [-0.2, 0) is 16.1 Å². The van der Waals surface area contributed by atoms with E-state index in [1.54, 1.807) is 17.6 Å². The van der Waals surface area contributed by atoms with Gasteiger partial charge in [-0.3, -0.25) is 23.9 Å². The SMILES string of the molecule is CCCn1c(N2CC(C)CC(C)C2)c(/C=C2\SC(=S)N(CCCC(=O)O)C2=O)c(C)c(C#N)c1=O. The van der Waals surface area contributed by atoms with E-state index < -0.39 is 5.97 Å². The van der Waals surface area contributed by atoms with Crippen LogP contribution in [0.15, 0.2) is 9.70 Å². The summed E-state index contributed by atoms with van der Waals surface area (Å²) >= 11 is 6.58. The Morgan fingerprint density at radius 1 is 1.26 bits per heavy atom. The van der Waals surface area contributed by atoms with E-state index in [0.717, 1.165) is 31.7 Å². The Bertz CT molecular complexity index is 1160. The number of nitrogens with zero attached hydrogens (tertiary/aromatic N) is 4. The molecule has 0 saturated carbocycles. The van der Waals surface area contributed by atoms with E-state index in [9.17, 15) is 19.6 Å². The lowest BCUT2D eigenvalue weighted by Crippen LogP contribution is -2.43. The molecule has 1 N–H and O–H groups in total. The molecule has 2 aliphatic heterocycles. The highest BCUT2D eigenvalue weighted by Crippen LogP contribution is 2.37. The zero-order valence-electron chi connectivity index (χ0n) is 20.7. The first-order valence-electron chi connectivity index (χ1n) is 12.0. The average Bonchev–Trinajstić information content (AvgIpc) is 3.04. The molecule has 188 valence electrons. The lowest BCUT2D eigenvalue weighted by molar-refractivity contribution is -0.137. The van der Waals surface area contributed by atoms with Gasteiger partial charge in [-0.05, 0) is 49.7 Å². The summed E-state index contributed by atoms with van der Waals surface area (Å²) in [5, 5.41) is 18.7. The number of carboxylic acids is 1. The largest absolute Gasteiger partial charge is 0.481 e. The highest BCUT2D eigenvalue weighted by molar-refractivity contribution is 8.26. The first-order chi connectivity index (χ1) is 16.6. The molecule has 2 fully saturated rings. The van der Waals surface area contributed by atoms with Gasteiger partial charge in [0.2, 0.25) is 0 Å². The molecule has 0 bridgehead atoms. The molecule has 0 spiro atoms. The molecule has 1 aromatic rings. The second-order valence-corrected chi connectivity index (χ2v) is 11.2. The summed E-state index contributed by atoms with van der Waals surface area (Å²) in [4.78, 5) is 41.4. The number of aromatic nitrogens is 1. The van der Waals surface area contributed by atoms with Crippen LogP contribution in [0.5, 0.6) is 0 Å². The van der Waals surface area contributed by atoms with Crippen LogP contribution in [0.1, 0.15) is 63.1 Å². The van der Waals surface area contributed by atoms with Crippen molar-refractivity contribution in [2.75, 3.05) is 24.5 Å². The van der Waals surface area contributed by atoms with E-state index in [1.807, 2.05) is 6.92 Å². The van der Waals surface area contributed by atoms with Gasteiger partial charge in [0.15, 0.2) is 0 Å². The van der Waals surface area contributed by atoms with Crippen molar-refractivity contribution in [1.29, 1.82) is 5.26 Å². The zero-order chi connectivity index (χ0) is 25.9. The summed E-state index contributed by atoms with van der Waals surface area (Å²) in [6.45, 7) is 10.4. The third-order valence-corrected chi connectivity index (χ3v) is 7.76. The van der Waals surface area contributed by atoms with Crippen LogP contribution < -0.4 is 10.5 Å². The minimum atomic E-state index is -0.918. The number of carbonyl (C=O) groups excluding carboxylic acids is 1. The van der Waals surface area contributed by atoms with E-state index in [0.29, 0.717) is 45.2 Å². The maximum atomic E-state index is 13.3. The molecule has 2 saturated heterocycles. The quantitative estimate of drug-likeness (QED) is 0.408. The molecule has 3 rings (SSSR count). The van der Waals surface area contributed by atoms with Gasteiger partial charge in [-0.1, -0.05) is 44.8 Å². The minimum Gasteiger partial charge on any atom is -0.481 e. The van der Waals surface area contributed by atoms with E-state index in [-0.39, 0.29) is 30.0 Å². The maximum absolute atomic E-state index is 13.3.